The van der Waals surface area contributed by atoms with Crippen LogP contribution >= 0.6 is 0 Å². The average molecular weight is 478 g/mol. The minimum Gasteiger partial charge on any atom is -0.352 e. The summed E-state index contributed by atoms with van der Waals surface area (Å²) in [6.07, 6.45) is 2.06. The van der Waals surface area contributed by atoms with E-state index in [-0.39, 0.29) is 17.9 Å². The van der Waals surface area contributed by atoms with Gasteiger partial charge in [0.15, 0.2) is 0 Å². The third-order valence-corrected chi connectivity index (χ3v) is 8.95. The maximum atomic E-state index is 13.2. The topological polar surface area (TPSA) is 69.7 Å². The molecule has 0 spiro atoms. The lowest BCUT2D eigenvalue weighted by Gasteiger charge is -2.31. The molecule has 0 aliphatic carbocycles. The van der Waals surface area contributed by atoms with Gasteiger partial charge < -0.3 is 5.32 Å². The number of carbonyl (C=O) groups is 1. The van der Waals surface area contributed by atoms with Crippen molar-refractivity contribution in [3.05, 3.63) is 78.4 Å². The Balaban J connectivity index is 1.14. The number of nitrogens with one attached hydrogen (secondary N) is 1. The van der Waals surface area contributed by atoms with Crippen molar-refractivity contribution >= 4 is 26.7 Å². The largest absolute Gasteiger partial charge is 0.352 e. The Morgan fingerprint density at radius 2 is 1.56 bits per heavy atom. The Labute approximate surface area is 201 Å². The molecular weight excluding hydrogens is 446 g/mol. The van der Waals surface area contributed by atoms with Gasteiger partial charge in [0.25, 0.3) is 0 Å². The van der Waals surface area contributed by atoms with E-state index in [1.54, 1.807) is 12.1 Å². The molecule has 2 saturated heterocycles. The Hall–Kier alpha value is -2.74. The standard InChI is InChI=1S/C27H31N3O3S/c31-27(28-25-14-15-29(20-25)19-21-6-2-1-3-7-21)23-12-16-30(17-13-23)34(32,33)26-11-10-22-8-4-5-9-24(22)18-26/h1-11,18,23,25H,12-17,19-20H2,(H,28,31)/t25-/m0/s1. The molecule has 1 atom stereocenters. The van der Waals surface area contributed by atoms with Crippen LogP contribution in [0.2, 0.25) is 0 Å². The quantitative estimate of drug-likeness (QED) is 0.589. The zero-order chi connectivity index (χ0) is 23.5. The van der Waals surface area contributed by atoms with Gasteiger partial charge in [0.05, 0.1) is 4.90 Å². The molecule has 2 fully saturated rings. The molecule has 3 aromatic carbocycles. The van der Waals surface area contributed by atoms with E-state index in [9.17, 15) is 13.2 Å². The number of amides is 1. The molecule has 7 heteroatoms. The number of carbonyl (C=O) groups excluding carboxylic acids is 1. The van der Waals surface area contributed by atoms with Gasteiger partial charge in [0.1, 0.15) is 0 Å². The molecule has 3 aromatic rings. The first kappa shape index (κ1) is 23.0. The first-order valence-electron chi connectivity index (χ1n) is 12.0. The van der Waals surface area contributed by atoms with Gasteiger partial charge in [-0.05, 0) is 47.7 Å². The van der Waals surface area contributed by atoms with Crippen LogP contribution in [0, 0.1) is 5.92 Å². The van der Waals surface area contributed by atoms with Crippen molar-refractivity contribution in [1.82, 2.24) is 14.5 Å². The van der Waals surface area contributed by atoms with E-state index >= 15 is 0 Å². The molecule has 6 nitrogen and oxygen atoms in total. The van der Waals surface area contributed by atoms with Crippen molar-refractivity contribution < 1.29 is 13.2 Å². The van der Waals surface area contributed by atoms with Gasteiger partial charge in [-0.25, -0.2) is 8.42 Å². The normalized spacial score (nSPS) is 20.5. The average Bonchev–Trinajstić information content (AvgIpc) is 3.30. The Bertz CT molecular complexity index is 1250. The minimum atomic E-state index is -3.57. The molecule has 0 aromatic heterocycles. The molecule has 2 aliphatic rings. The first-order valence-corrected chi connectivity index (χ1v) is 13.5. The van der Waals surface area contributed by atoms with Crippen LogP contribution in [0.25, 0.3) is 10.8 Å². The molecule has 2 aliphatic heterocycles. The zero-order valence-corrected chi connectivity index (χ0v) is 20.1. The SMILES string of the molecule is O=C(N[C@H]1CCN(Cc2ccccc2)C1)C1CCN(S(=O)(=O)c2ccc3ccccc3c2)CC1. The predicted molar refractivity (Wildman–Crippen MR) is 134 cm³/mol. The maximum Gasteiger partial charge on any atom is 0.243 e. The van der Waals surface area contributed by atoms with E-state index < -0.39 is 10.0 Å². The van der Waals surface area contributed by atoms with E-state index in [0.717, 1.165) is 36.8 Å². The molecule has 1 N–H and O–H groups in total. The van der Waals surface area contributed by atoms with Crippen LogP contribution in [-0.2, 0) is 21.4 Å². The number of nitrogens with zero attached hydrogens (tertiary/aromatic N) is 2. The maximum absolute atomic E-state index is 13.2. The van der Waals surface area contributed by atoms with Gasteiger partial charge in [0.2, 0.25) is 15.9 Å². The van der Waals surface area contributed by atoms with Crippen LogP contribution in [0.3, 0.4) is 0 Å². The van der Waals surface area contributed by atoms with Crippen LogP contribution in [0.15, 0.2) is 77.7 Å². The molecule has 2 heterocycles. The van der Waals surface area contributed by atoms with E-state index in [0.29, 0.717) is 30.8 Å². The van der Waals surface area contributed by atoms with Crippen molar-refractivity contribution in [2.45, 2.75) is 36.7 Å². The highest BCUT2D eigenvalue weighted by atomic mass is 32.2. The highest BCUT2D eigenvalue weighted by Gasteiger charge is 2.33. The fourth-order valence-corrected chi connectivity index (χ4v) is 6.60. The third-order valence-electron chi connectivity index (χ3n) is 7.05. The lowest BCUT2D eigenvalue weighted by molar-refractivity contribution is -0.126. The van der Waals surface area contributed by atoms with E-state index in [4.69, 9.17) is 0 Å². The fraction of sp³-hybridized carbons (Fsp3) is 0.370. The van der Waals surface area contributed by atoms with Crippen LogP contribution < -0.4 is 5.32 Å². The van der Waals surface area contributed by atoms with E-state index in [2.05, 4.69) is 34.5 Å². The van der Waals surface area contributed by atoms with Gasteiger partial charge in [-0.2, -0.15) is 4.31 Å². The van der Waals surface area contributed by atoms with Crippen molar-refractivity contribution in [2.75, 3.05) is 26.2 Å². The third kappa shape index (κ3) is 5.02. The van der Waals surface area contributed by atoms with Crippen molar-refractivity contribution in [3.8, 4) is 0 Å². The lowest BCUT2D eigenvalue weighted by atomic mass is 9.97. The number of likely N-dealkylation sites (tertiary alicyclic amines) is 1. The summed E-state index contributed by atoms with van der Waals surface area (Å²) in [5.41, 5.74) is 1.29. The summed E-state index contributed by atoms with van der Waals surface area (Å²) in [5, 5.41) is 5.15. The Kier molecular flexibility index (Phi) is 6.68. The molecule has 5 rings (SSSR count). The second kappa shape index (κ2) is 9.86. The minimum absolute atomic E-state index is 0.0642. The summed E-state index contributed by atoms with van der Waals surface area (Å²) >= 11 is 0. The second-order valence-corrected chi connectivity index (χ2v) is 11.3. The van der Waals surface area contributed by atoms with Crippen LogP contribution in [0.4, 0.5) is 0 Å². The molecule has 0 saturated carbocycles. The zero-order valence-electron chi connectivity index (χ0n) is 19.3. The number of benzene rings is 3. The molecular formula is C27H31N3O3S. The molecule has 178 valence electrons. The molecule has 1 amide bonds. The van der Waals surface area contributed by atoms with E-state index in [1.807, 2.05) is 36.4 Å². The van der Waals surface area contributed by atoms with Gasteiger partial charge in [-0.3, -0.25) is 9.69 Å². The highest BCUT2D eigenvalue weighted by molar-refractivity contribution is 7.89. The van der Waals surface area contributed by atoms with E-state index in [1.165, 1.54) is 9.87 Å². The summed E-state index contributed by atoms with van der Waals surface area (Å²) in [6, 6.07) is 23.6. The van der Waals surface area contributed by atoms with Crippen LogP contribution in [0.1, 0.15) is 24.8 Å². The smallest absolute Gasteiger partial charge is 0.243 e. The number of fused-ring (bicyclic) bond motifs is 1. The number of rotatable bonds is 6. The predicted octanol–water partition coefficient (Wildman–Crippen LogP) is 3.63. The number of piperidine rings is 1. The van der Waals surface area contributed by atoms with Gasteiger partial charge in [-0.15, -0.1) is 0 Å². The lowest BCUT2D eigenvalue weighted by Crippen LogP contribution is -2.45. The second-order valence-electron chi connectivity index (χ2n) is 9.40. The van der Waals surface area contributed by atoms with Gasteiger partial charge in [-0.1, -0.05) is 60.7 Å². The van der Waals surface area contributed by atoms with Gasteiger partial charge in [0, 0.05) is 44.7 Å². The summed E-state index contributed by atoms with van der Waals surface area (Å²) in [5.74, 6) is -0.0689. The Morgan fingerprint density at radius 1 is 0.853 bits per heavy atom. The Morgan fingerprint density at radius 3 is 2.32 bits per heavy atom. The number of hydrogen-bond acceptors (Lipinski definition) is 4. The molecule has 0 unspecified atom stereocenters. The van der Waals surface area contributed by atoms with Crippen molar-refractivity contribution in [3.63, 3.8) is 0 Å². The highest BCUT2D eigenvalue weighted by Crippen LogP contribution is 2.26. The first-order chi connectivity index (χ1) is 16.5. The summed E-state index contributed by atoms with van der Waals surface area (Å²) in [7, 11) is -3.57. The summed E-state index contributed by atoms with van der Waals surface area (Å²) in [4.78, 5) is 15.6. The number of hydrogen-bond donors (Lipinski definition) is 1. The van der Waals surface area contributed by atoms with Crippen LogP contribution in [-0.4, -0.2) is 55.8 Å². The van der Waals surface area contributed by atoms with Gasteiger partial charge >= 0.3 is 0 Å². The monoisotopic (exact) mass is 477 g/mol. The fourth-order valence-electron chi connectivity index (χ4n) is 5.09. The van der Waals surface area contributed by atoms with Crippen molar-refractivity contribution in [1.29, 1.82) is 0 Å². The summed E-state index contributed by atoms with van der Waals surface area (Å²) in [6.45, 7) is 3.48. The molecule has 0 bridgehead atoms. The molecule has 34 heavy (non-hydrogen) atoms. The molecule has 0 radical (unpaired) electrons. The number of sulfonamides is 1. The summed E-state index contributed by atoms with van der Waals surface area (Å²) < 4.78 is 27.9. The van der Waals surface area contributed by atoms with Crippen LogP contribution in [0.5, 0.6) is 0 Å². The van der Waals surface area contributed by atoms with Crippen molar-refractivity contribution in [2.24, 2.45) is 5.92 Å².